The van der Waals surface area contributed by atoms with E-state index >= 15 is 0 Å². The molecular formula is C37H32Cl2Zr. The van der Waals surface area contributed by atoms with Crippen LogP contribution in [0.25, 0.3) is 32.3 Å². The Labute approximate surface area is 264 Å². The van der Waals surface area contributed by atoms with E-state index in [1.54, 1.807) is 0 Å². The summed E-state index contributed by atoms with van der Waals surface area (Å²) in [5.41, 5.74) is 5.47. The van der Waals surface area contributed by atoms with Gasteiger partial charge in [-0.05, 0) is 0 Å². The molecule has 198 valence electrons. The fourth-order valence-electron chi connectivity index (χ4n) is 4.80. The number of aryl methyl sites for hydroxylation is 2. The maximum atomic E-state index is 2.24. The Hall–Kier alpha value is -3.09. The first-order chi connectivity index (χ1) is 18.6. The summed E-state index contributed by atoms with van der Waals surface area (Å²) in [5.74, 6) is 0. The van der Waals surface area contributed by atoms with Crippen molar-refractivity contribution in [1.29, 1.82) is 0 Å². The van der Waals surface area contributed by atoms with Gasteiger partial charge in [-0.15, -0.1) is 105 Å². The van der Waals surface area contributed by atoms with E-state index in [1.165, 1.54) is 82.0 Å². The Bertz CT molecular complexity index is 1700. The van der Waals surface area contributed by atoms with Crippen LogP contribution in [0.2, 0.25) is 0 Å². The molecule has 0 aliphatic carbocycles. The third-order valence-corrected chi connectivity index (χ3v) is 8.40. The number of halogens is 2. The van der Waals surface area contributed by atoms with Crippen LogP contribution in [0.3, 0.4) is 0 Å². The number of hydrogen-bond donors (Lipinski definition) is 0. The van der Waals surface area contributed by atoms with Gasteiger partial charge < -0.3 is 0 Å². The zero-order chi connectivity index (χ0) is 26.3. The van der Waals surface area contributed by atoms with Crippen LogP contribution in [0, 0.1) is 13.8 Å². The van der Waals surface area contributed by atoms with Crippen LogP contribution in [-0.4, -0.2) is 3.21 Å². The summed E-state index contributed by atoms with van der Waals surface area (Å²) in [6.07, 6.45) is 0. The van der Waals surface area contributed by atoms with E-state index in [9.17, 15) is 0 Å². The third kappa shape index (κ3) is 7.35. The van der Waals surface area contributed by atoms with Gasteiger partial charge in [-0.3, -0.25) is 0 Å². The zero-order valence-electron chi connectivity index (χ0n) is 22.7. The predicted octanol–water partition coefficient (Wildman–Crippen LogP) is 10.5. The van der Waals surface area contributed by atoms with E-state index in [0.717, 1.165) is 0 Å². The maximum absolute atomic E-state index is 2.24. The van der Waals surface area contributed by atoms with E-state index in [1.807, 2.05) is 0 Å². The molecule has 0 aromatic heterocycles. The summed E-state index contributed by atoms with van der Waals surface area (Å²) in [6, 6.07) is 51.1. The SMILES string of the molecule is Cc1[cH-]c2ccccc2c1C.Cl.Cl.[Zr+2]=[C](c1ccccc1)c1ccccc1.c1ccc2c(c1)[cH-]c1ccccc12. The summed E-state index contributed by atoms with van der Waals surface area (Å²) in [5, 5.41) is 8.15. The molecule has 40 heavy (non-hydrogen) atoms. The van der Waals surface area contributed by atoms with Crippen molar-refractivity contribution in [3.05, 3.63) is 168 Å². The molecule has 0 aliphatic heterocycles. The van der Waals surface area contributed by atoms with Crippen molar-refractivity contribution < 1.29 is 24.2 Å². The standard InChI is InChI=1S/C13H9.C13H10.C11H11.2ClH.Zr/c1-3-7-12-10(5-1)9-11-6-2-4-8-13(11)12;1-3-7-12(8-4-1)11-13-9-5-2-6-10-13;1-8-7-10-5-3-4-6-11(10)9(8)2;;;/h1-9H;1-10H;3-7H,1-2H3;2*1H;/q-1;;-1;;;+2. The van der Waals surface area contributed by atoms with Gasteiger partial charge in [-0.25, -0.2) is 0 Å². The number of benzene rings is 5. The second-order valence-electron chi connectivity index (χ2n) is 9.47. The summed E-state index contributed by atoms with van der Waals surface area (Å²) in [7, 11) is 0. The van der Waals surface area contributed by atoms with Crippen LogP contribution in [0.5, 0.6) is 0 Å². The largest absolute Gasteiger partial charge is 0.126 e. The van der Waals surface area contributed by atoms with Gasteiger partial charge in [-0.1, -0.05) is 56.3 Å². The van der Waals surface area contributed by atoms with Crippen molar-refractivity contribution >= 4 is 60.3 Å². The van der Waals surface area contributed by atoms with Crippen molar-refractivity contribution in [3.8, 4) is 0 Å². The van der Waals surface area contributed by atoms with Crippen LogP contribution in [0.1, 0.15) is 22.3 Å². The molecule has 0 fully saturated rings. The fraction of sp³-hybridized carbons (Fsp3) is 0.0541. The molecule has 0 aliphatic rings. The monoisotopic (exact) mass is 636 g/mol. The molecule has 0 unspecified atom stereocenters. The van der Waals surface area contributed by atoms with Gasteiger partial charge >= 0.3 is 99.2 Å². The Balaban J connectivity index is 0.000000162. The fourth-order valence-corrected chi connectivity index (χ4v) is 5.62. The molecule has 0 radical (unpaired) electrons. The van der Waals surface area contributed by atoms with Crippen molar-refractivity contribution in [3.63, 3.8) is 0 Å². The molecule has 0 saturated carbocycles. The molecule has 7 aromatic carbocycles. The van der Waals surface area contributed by atoms with Crippen LogP contribution < -0.4 is 0 Å². The molecule has 0 nitrogen and oxygen atoms in total. The van der Waals surface area contributed by atoms with Crippen molar-refractivity contribution in [2.24, 2.45) is 0 Å². The molecule has 0 atom stereocenters. The summed E-state index contributed by atoms with van der Waals surface area (Å²) >= 11 is 1.46. The number of fused-ring (bicyclic) bond motifs is 4. The molecule has 0 N–H and O–H groups in total. The quantitative estimate of drug-likeness (QED) is 0.165. The second kappa shape index (κ2) is 15.1. The molecule has 0 spiro atoms. The van der Waals surface area contributed by atoms with Gasteiger partial charge in [0, 0.05) is 0 Å². The van der Waals surface area contributed by atoms with E-state index in [0.29, 0.717) is 0 Å². The average Bonchev–Trinajstić information content (AvgIpc) is 3.51. The molecule has 0 bridgehead atoms. The summed E-state index contributed by atoms with van der Waals surface area (Å²) in [4.78, 5) is 0. The zero-order valence-corrected chi connectivity index (χ0v) is 26.8. The van der Waals surface area contributed by atoms with E-state index in [-0.39, 0.29) is 24.8 Å². The Morgan fingerprint density at radius 3 is 1.23 bits per heavy atom. The molecule has 3 heteroatoms. The Kier molecular flexibility index (Phi) is 11.8. The third-order valence-electron chi connectivity index (χ3n) is 6.98. The van der Waals surface area contributed by atoms with Crippen molar-refractivity contribution in [2.75, 3.05) is 0 Å². The minimum atomic E-state index is 0. The predicted molar refractivity (Wildman–Crippen MR) is 177 cm³/mol. The Morgan fingerprint density at radius 1 is 0.450 bits per heavy atom. The first-order valence-corrected chi connectivity index (χ1v) is 14.2. The van der Waals surface area contributed by atoms with Gasteiger partial charge in [0.15, 0.2) is 0 Å². The minimum absolute atomic E-state index is 0. The van der Waals surface area contributed by atoms with Gasteiger partial charge in [0.25, 0.3) is 0 Å². The van der Waals surface area contributed by atoms with Gasteiger partial charge in [0.1, 0.15) is 0 Å². The molecule has 7 rings (SSSR count). The number of hydrogen-bond acceptors (Lipinski definition) is 0. The van der Waals surface area contributed by atoms with Crippen LogP contribution in [0.4, 0.5) is 0 Å². The summed E-state index contributed by atoms with van der Waals surface area (Å²) in [6.45, 7) is 4.34. The first-order valence-electron chi connectivity index (χ1n) is 13.0. The normalized spacial score (nSPS) is 10.0. The van der Waals surface area contributed by atoms with Gasteiger partial charge in [0.05, 0.1) is 0 Å². The van der Waals surface area contributed by atoms with E-state index in [4.69, 9.17) is 0 Å². The first kappa shape index (κ1) is 31.4. The number of rotatable bonds is 2. The van der Waals surface area contributed by atoms with Gasteiger partial charge in [-0.2, -0.15) is 5.56 Å². The van der Waals surface area contributed by atoms with Crippen LogP contribution >= 0.6 is 24.8 Å². The van der Waals surface area contributed by atoms with E-state index < -0.39 is 0 Å². The Morgan fingerprint density at radius 2 is 0.800 bits per heavy atom. The molecule has 7 aromatic rings. The molecule has 0 amide bonds. The van der Waals surface area contributed by atoms with Crippen molar-refractivity contribution in [1.82, 2.24) is 0 Å². The van der Waals surface area contributed by atoms with Gasteiger partial charge in [0.2, 0.25) is 0 Å². The van der Waals surface area contributed by atoms with Crippen LogP contribution in [-0.2, 0) is 24.2 Å². The maximum Gasteiger partial charge on any atom is -0.0771 e. The molecular weight excluding hydrogens is 607 g/mol. The van der Waals surface area contributed by atoms with Crippen molar-refractivity contribution in [2.45, 2.75) is 13.8 Å². The topological polar surface area (TPSA) is 0 Å². The second-order valence-corrected chi connectivity index (χ2v) is 10.7. The average molecular weight is 639 g/mol. The van der Waals surface area contributed by atoms with Crippen LogP contribution in [0.15, 0.2) is 146 Å². The molecule has 0 heterocycles. The smallest absolute Gasteiger partial charge is 0.0771 e. The summed E-state index contributed by atoms with van der Waals surface area (Å²) < 4.78 is 1.42. The molecule has 0 saturated heterocycles. The minimum Gasteiger partial charge on any atom is -0.126 e. The van der Waals surface area contributed by atoms with E-state index in [2.05, 4.69) is 159 Å².